The van der Waals surface area contributed by atoms with Gasteiger partial charge in [-0.15, -0.1) is 0 Å². The molecule has 31 heavy (non-hydrogen) atoms. The van der Waals surface area contributed by atoms with Gasteiger partial charge in [0.2, 0.25) is 5.91 Å². The summed E-state index contributed by atoms with van der Waals surface area (Å²) in [5, 5.41) is 6.07. The molecule has 3 saturated heterocycles. The second-order valence-electron chi connectivity index (χ2n) is 8.15. The fourth-order valence-electron chi connectivity index (χ4n) is 4.30. The van der Waals surface area contributed by atoms with Crippen LogP contribution in [-0.4, -0.2) is 79.8 Å². The molecule has 0 spiro atoms. The maximum atomic E-state index is 14.9. The Bertz CT molecular complexity index is 855. The van der Waals surface area contributed by atoms with Crippen LogP contribution < -0.4 is 20.4 Å². The Morgan fingerprint density at radius 3 is 2.74 bits per heavy atom. The average molecular weight is 450 g/mol. The maximum absolute atomic E-state index is 14.9. The number of ether oxygens (including phenoxy) is 1. The zero-order chi connectivity index (χ0) is 22.0. The van der Waals surface area contributed by atoms with Crippen molar-refractivity contribution < 1.29 is 18.7 Å². The van der Waals surface area contributed by atoms with Gasteiger partial charge in [0.1, 0.15) is 11.9 Å². The third-order valence-electron chi connectivity index (χ3n) is 5.99. The van der Waals surface area contributed by atoms with Crippen molar-refractivity contribution in [3.8, 4) is 0 Å². The average Bonchev–Trinajstić information content (AvgIpc) is 3.42. The van der Waals surface area contributed by atoms with Gasteiger partial charge in [0.25, 0.3) is 0 Å². The van der Waals surface area contributed by atoms with Crippen LogP contribution in [0.5, 0.6) is 0 Å². The zero-order valence-electron chi connectivity index (χ0n) is 17.6. The van der Waals surface area contributed by atoms with Gasteiger partial charge in [0, 0.05) is 33.1 Å². The van der Waals surface area contributed by atoms with Gasteiger partial charge in [0.15, 0.2) is 0 Å². The highest BCUT2D eigenvalue weighted by molar-refractivity contribution is 7.80. The monoisotopic (exact) mass is 449 g/mol. The molecule has 2 amide bonds. The number of benzene rings is 1. The van der Waals surface area contributed by atoms with Gasteiger partial charge in [-0.25, -0.2) is 9.18 Å². The van der Waals surface area contributed by atoms with E-state index < -0.39 is 12.2 Å². The first-order chi connectivity index (χ1) is 14.9. The summed E-state index contributed by atoms with van der Waals surface area (Å²) in [6.45, 7) is 5.83. The number of nitrogens with one attached hydrogen (secondary N) is 2. The Morgan fingerprint density at radius 2 is 2.10 bits per heavy atom. The summed E-state index contributed by atoms with van der Waals surface area (Å²) in [4.78, 5) is 29.8. The summed E-state index contributed by atoms with van der Waals surface area (Å²) in [5.41, 5.74) is 0.972. The van der Waals surface area contributed by atoms with E-state index >= 15 is 0 Å². The Morgan fingerprint density at radius 1 is 1.32 bits per heavy atom. The molecule has 1 unspecified atom stereocenters. The van der Waals surface area contributed by atoms with Crippen molar-refractivity contribution >= 4 is 40.6 Å². The van der Waals surface area contributed by atoms with Gasteiger partial charge in [-0.2, -0.15) is 0 Å². The van der Waals surface area contributed by atoms with Crippen molar-refractivity contribution in [1.29, 1.82) is 0 Å². The summed E-state index contributed by atoms with van der Waals surface area (Å²) in [6.07, 6.45) is 1.25. The molecule has 2 N–H and O–H groups in total. The Labute approximate surface area is 186 Å². The number of thiocarbonyl (C=S) groups is 1. The molecule has 3 aliphatic heterocycles. The molecular formula is C21H28FN5O3S. The summed E-state index contributed by atoms with van der Waals surface area (Å²) in [6, 6.07) is 5.11. The van der Waals surface area contributed by atoms with Crippen molar-refractivity contribution in [2.75, 3.05) is 55.6 Å². The Balaban J connectivity index is 1.35. The molecule has 3 heterocycles. The minimum atomic E-state index is -0.537. The van der Waals surface area contributed by atoms with E-state index in [1.807, 2.05) is 4.90 Å². The molecule has 8 nitrogen and oxygen atoms in total. The first-order valence-corrected chi connectivity index (χ1v) is 11.1. The van der Waals surface area contributed by atoms with Gasteiger partial charge in [0.05, 0.1) is 35.5 Å². The van der Waals surface area contributed by atoms with E-state index in [9.17, 15) is 14.0 Å². The highest BCUT2D eigenvalue weighted by Crippen LogP contribution is 2.28. The smallest absolute Gasteiger partial charge is 0.414 e. The zero-order valence-corrected chi connectivity index (χ0v) is 18.4. The minimum absolute atomic E-state index is 0.190. The number of hydrogen-bond donors (Lipinski definition) is 2. The lowest BCUT2D eigenvalue weighted by Gasteiger charge is -2.39. The molecule has 168 valence electrons. The van der Waals surface area contributed by atoms with Crippen LogP contribution in [0.15, 0.2) is 18.2 Å². The SMILES string of the molecule is CC(=O)NC[C@H]1CN(c2ccc(N3CCN(C(=S)C4CCCN4)CC3)c(F)c2)C(=O)O1. The highest BCUT2D eigenvalue weighted by Gasteiger charge is 2.33. The van der Waals surface area contributed by atoms with Crippen molar-refractivity contribution in [1.82, 2.24) is 15.5 Å². The van der Waals surface area contributed by atoms with E-state index in [1.165, 1.54) is 17.9 Å². The number of cyclic esters (lactones) is 1. The van der Waals surface area contributed by atoms with Crippen LogP contribution in [0.1, 0.15) is 19.8 Å². The minimum Gasteiger partial charge on any atom is -0.442 e. The molecular weight excluding hydrogens is 421 g/mol. The van der Waals surface area contributed by atoms with Crippen molar-refractivity contribution in [3.05, 3.63) is 24.0 Å². The predicted octanol–water partition coefficient (Wildman–Crippen LogP) is 1.49. The molecule has 4 rings (SSSR count). The van der Waals surface area contributed by atoms with Crippen molar-refractivity contribution in [2.45, 2.75) is 31.9 Å². The third kappa shape index (κ3) is 4.90. The van der Waals surface area contributed by atoms with E-state index in [4.69, 9.17) is 17.0 Å². The number of carbonyl (C=O) groups excluding carboxylic acids is 2. The van der Waals surface area contributed by atoms with Crippen LogP contribution in [0.25, 0.3) is 0 Å². The molecule has 0 aromatic heterocycles. The number of piperazine rings is 1. The van der Waals surface area contributed by atoms with Crippen LogP contribution in [0.2, 0.25) is 0 Å². The first-order valence-electron chi connectivity index (χ1n) is 10.7. The fourth-order valence-corrected chi connectivity index (χ4v) is 4.68. The molecule has 3 aliphatic rings. The first kappa shape index (κ1) is 21.8. The van der Waals surface area contributed by atoms with Crippen LogP contribution in [-0.2, 0) is 9.53 Å². The van der Waals surface area contributed by atoms with Gasteiger partial charge in [-0.1, -0.05) is 12.2 Å². The standard InChI is InChI=1S/C21H28FN5O3S/c1-14(28)24-12-16-13-27(21(29)30-16)15-4-5-19(17(22)11-15)25-7-9-26(10-8-25)20(31)18-3-2-6-23-18/h4-5,11,16,18,23H,2-3,6-10,12-13H2,1H3,(H,24,28)/t16-,18?/m0/s1. The molecule has 10 heteroatoms. The molecule has 2 atom stereocenters. The van der Waals surface area contributed by atoms with E-state index in [1.54, 1.807) is 12.1 Å². The highest BCUT2D eigenvalue weighted by atomic mass is 32.1. The lowest BCUT2D eigenvalue weighted by molar-refractivity contribution is -0.119. The normalized spacial score (nSPS) is 23.8. The van der Waals surface area contributed by atoms with Gasteiger partial charge in [-0.3, -0.25) is 9.69 Å². The summed E-state index contributed by atoms with van der Waals surface area (Å²) < 4.78 is 20.2. The number of amides is 2. The van der Waals surface area contributed by atoms with Crippen molar-refractivity contribution in [3.63, 3.8) is 0 Å². The molecule has 0 radical (unpaired) electrons. The predicted molar refractivity (Wildman–Crippen MR) is 120 cm³/mol. The number of nitrogens with zero attached hydrogens (tertiary/aromatic N) is 3. The lowest BCUT2D eigenvalue weighted by Crippen LogP contribution is -2.52. The number of hydrogen-bond acceptors (Lipinski definition) is 6. The van der Waals surface area contributed by atoms with Crippen molar-refractivity contribution in [2.24, 2.45) is 0 Å². The molecule has 0 saturated carbocycles. The van der Waals surface area contributed by atoms with Gasteiger partial charge < -0.3 is 25.2 Å². The molecule has 1 aromatic carbocycles. The van der Waals surface area contributed by atoms with Gasteiger partial charge in [-0.05, 0) is 37.6 Å². The number of carbonyl (C=O) groups is 2. The maximum Gasteiger partial charge on any atom is 0.414 e. The molecule has 0 aliphatic carbocycles. The lowest BCUT2D eigenvalue weighted by atomic mass is 10.1. The van der Waals surface area contributed by atoms with Gasteiger partial charge >= 0.3 is 6.09 Å². The summed E-state index contributed by atoms with van der Waals surface area (Å²) >= 11 is 5.65. The van der Waals surface area contributed by atoms with Crippen LogP contribution in [0, 0.1) is 5.82 Å². The third-order valence-corrected chi connectivity index (χ3v) is 6.53. The second kappa shape index (κ2) is 9.35. The van der Waals surface area contributed by atoms with Crippen LogP contribution in [0.3, 0.4) is 0 Å². The Hall–Kier alpha value is -2.46. The topological polar surface area (TPSA) is 77.2 Å². The summed E-state index contributed by atoms with van der Waals surface area (Å²) in [7, 11) is 0. The van der Waals surface area contributed by atoms with Crippen LogP contribution >= 0.6 is 12.2 Å². The quantitative estimate of drug-likeness (QED) is 0.660. The number of rotatable bonds is 5. The molecule has 0 bridgehead atoms. The number of anilines is 2. The van der Waals surface area contributed by atoms with E-state index in [0.29, 0.717) is 24.5 Å². The largest absolute Gasteiger partial charge is 0.442 e. The fraction of sp³-hybridized carbons (Fsp3) is 0.571. The Kier molecular flexibility index (Phi) is 6.57. The summed E-state index contributed by atoms with van der Waals surface area (Å²) in [5.74, 6) is -0.561. The number of halogens is 1. The molecule has 3 fully saturated rings. The van der Waals surface area contributed by atoms with Crippen LogP contribution in [0.4, 0.5) is 20.6 Å². The van der Waals surface area contributed by atoms with E-state index in [2.05, 4.69) is 15.5 Å². The van der Waals surface area contributed by atoms with E-state index in [-0.39, 0.29) is 30.9 Å². The second-order valence-corrected chi connectivity index (χ2v) is 8.57. The van der Waals surface area contributed by atoms with E-state index in [0.717, 1.165) is 37.5 Å². The molecule has 1 aromatic rings.